The molecular weight excluding hydrogens is 882 g/mol. The Labute approximate surface area is 380 Å². The average Bonchev–Trinajstić information content (AvgIpc) is 4.14. The number of likely N-dealkylation sites (N-methyl/N-ethyl adjacent to an activating group) is 1. The summed E-state index contributed by atoms with van der Waals surface area (Å²) < 4.78 is 48.7. The molecule has 0 saturated carbocycles. The second-order valence-corrected chi connectivity index (χ2v) is 16.3. The number of hydrogen-bond donors (Lipinski definition) is 6. The van der Waals surface area contributed by atoms with Gasteiger partial charge in [-0.2, -0.15) is 23.1 Å². The van der Waals surface area contributed by atoms with Crippen LogP contribution in [-0.2, 0) is 19.1 Å². The van der Waals surface area contributed by atoms with Crippen LogP contribution in [0.5, 0.6) is 0 Å². The van der Waals surface area contributed by atoms with Gasteiger partial charge in [-0.15, -0.1) is 0 Å². The number of nitrogens with zero attached hydrogens (tertiary/aromatic N) is 6. The highest BCUT2D eigenvalue weighted by molar-refractivity contribution is 6.00. The molecule has 3 aliphatic rings. The smallest absolute Gasteiger partial charge is 0.387 e. The highest BCUT2D eigenvalue weighted by Crippen LogP contribution is 2.35. The first kappa shape index (κ1) is 46.4. The summed E-state index contributed by atoms with van der Waals surface area (Å²) in [5, 5.41) is 34.0. The van der Waals surface area contributed by atoms with Crippen LogP contribution in [0.2, 0.25) is 0 Å². The van der Waals surface area contributed by atoms with Gasteiger partial charge < -0.3 is 50.8 Å². The SMILES string of the molecule is CCNC(=O)[C@H]1O[C@@H](n2cnc3c(NCC(c4ccccc4)c4ccccc4)nc(N4CC[C@@H](NC(=O)N[C@@H]5CCN(C(=O)c6ccc(C(=O)OC(=O)C(F)(F)F)cc6)C5)C4)nc32)[C@@H](O)[C@@H]1O. The predicted octanol–water partition coefficient (Wildman–Crippen LogP) is 2.86. The first-order chi connectivity index (χ1) is 32.2. The van der Waals surface area contributed by atoms with Crippen LogP contribution in [0.15, 0.2) is 91.3 Å². The summed E-state index contributed by atoms with van der Waals surface area (Å²) in [5.41, 5.74) is 2.54. The molecule has 8 rings (SSSR count). The molecule has 352 valence electrons. The molecule has 3 saturated heterocycles. The van der Waals surface area contributed by atoms with E-state index >= 15 is 0 Å². The largest absolute Gasteiger partial charge is 0.491 e. The normalized spacial score (nSPS) is 21.7. The average molecular weight is 929 g/mol. The molecule has 67 heavy (non-hydrogen) atoms. The minimum atomic E-state index is -5.34. The zero-order valence-electron chi connectivity index (χ0n) is 35.9. The number of imidazole rings is 1. The molecule has 6 N–H and O–H groups in total. The molecule has 0 bridgehead atoms. The number of carbonyl (C=O) groups excluding carboxylic acids is 5. The van der Waals surface area contributed by atoms with Crippen LogP contribution in [0, 0.1) is 0 Å². The van der Waals surface area contributed by atoms with Crippen LogP contribution in [0.3, 0.4) is 0 Å². The van der Waals surface area contributed by atoms with E-state index in [1.165, 1.54) is 27.9 Å². The number of nitrogens with one attached hydrogen (secondary N) is 4. The molecule has 0 unspecified atom stereocenters. The first-order valence-electron chi connectivity index (χ1n) is 21.6. The van der Waals surface area contributed by atoms with E-state index in [0.29, 0.717) is 56.9 Å². The molecule has 22 heteroatoms. The van der Waals surface area contributed by atoms with E-state index in [0.717, 1.165) is 23.3 Å². The number of likely N-dealkylation sites (tertiary alicyclic amines) is 1. The standard InChI is InChI=1S/C45H47F3N10O9/c1-2-49-38(61)35-33(59)34(60)40(66-35)58-24-51-32-36(50-21-31(25-9-5-3-6-10-25)26-11-7-4-8-12-26)54-43(55-37(32)58)57-20-18-30(23-57)53-44(65)52-29-17-19-56(22-29)39(62)27-13-15-28(16-14-27)41(63)67-42(64)45(46,47)48/h3-16,24,29-31,33-35,40,59-60H,2,17-23H2,1H3,(H,49,61)(H,50,54,55)(H2,52,53,65)/t29-,30-,33+,34+,35+,40-/m1/s1. The topological polar surface area (TPSA) is 242 Å². The van der Waals surface area contributed by atoms with E-state index < -0.39 is 66.5 Å². The molecule has 5 heterocycles. The molecule has 4 amide bonds. The molecule has 0 aliphatic carbocycles. The number of halogens is 3. The number of ether oxygens (including phenoxy) is 2. The number of carbonyl (C=O) groups is 5. The highest BCUT2D eigenvalue weighted by atomic mass is 19.4. The maximum atomic E-state index is 13.3. The summed E-state index contributed by atoms with van der Waals surface area (Å²) >= 11 is 0. The number of amides is 4. The van der Waals surface area contributed by atoms with E-state index in [-0.39, 0.29) is 41.2 Å². The van der Waals surface area contributed by atoms with Crippen molar-refractivity contribution in [1.29, 1.82) is 0 Å². The van der Waals surface area contributed by atoms with Crippen molar-refractivity contribution in [2.24, 2.45) is 0 Å². The third-order valence-electron chi connectivity index (χ3n) is 11.8. The molecule has 3 aliphatic heterocycles. The Morgan fingerprint density at radius 1 is 0.836 bits per heavy atom. The van der Waals surface area contributed by atoms with Gasteiger partial charge in [-0.1, -0.05) is 60.7 Å². The Morgan fingerprint density at radius 2 is 1.46 bits per heavy atom. The fraction of sp³-hybridized carbons (Fsp3) is 0.378. The predicted molar refractivity (Wildman–Crippen MR) is 233 cm³/mol. The van der Waals surface area contributed by atoms with E-state index in [1.54, 1.807) is 6.92 Å². The summed E-state index contributed by atoms with van der Waals surface area (Å²) in [6, 6.07) is 23.4. The number of aromatic nitrogens is 4. The van der Waals surface area contributed by atoms with Gasteiger partial charge >= 0.3 is 24.1 Å². The Morgan fingerprint density at radius 3 is 2.10 bits per heavy atom. The lowest BCUT2D eigenvalue weighted by atomic mass is 9.91. The maximum absolute atomic E-state index is 13.3. The Balaban J connectivity index is 0.944. The van der Waals surface area contributed by atoms with Crippen LogP contribution in [-0.4, -0.2) is 140 Å². The zero-order valence-corrected chi connectivity index (χ0v) is 35.9. The summed E-state index contributed by atoms with van der Waals surface area (Å²) in [6.07, 6.45) is -8.56. The molecule has 3 fully saturated rings. The highest BCUT2D eigenvalue weighted by Gasteiger charge is 2.48. The minimum absolute atomic E-state index is 0.0925. The van der Waals surface area contributed by atoms with Gasteiger partial charge in [0.15, 0.2) is 29.3 Å². The number of urea groups is 1. The molecule has 5 aromatic rings. The summed E-state index contributed by atoms with van der Waals surface area (Å²) in [4.78, 5) is 80.1. The van der Waals surface area contributed by atoms with Gasteiger partial charge in [0.2, 0.25) is 5.95 Å². The number of esters is 2. The van der Waals surface area contributed by atoms with Crippen LogP contribution in [0.4, 0.5) is 29.7 Å². The summed E-state index contributed by atoms with van der Waals surface area (Å²) in [7, 11) is 0. The van der Waals surface area contributed by atoms with Crippen LogP contribution < -0.4 is 26.2 Å². The number of benzene rings is 3. The molecule has 6 atom stereocenters. The van der Waals surface area contributed by atoms with Crippen molar-refractivity contribution in [2.75, 3.05) is 49.5 Å². The number of hydrogen-bond acceptors (Lipinski definition) is 14. The van der Waals surface area contributed by atoms with E-state index in [1.807, 2.05) is 65.6 Å². The van der Waals surface area contributed by atoms with Crippen LogP contribution >= 0.6 is 0 Å². The van der Waals surface area contributed by atoms with Gasteiger partial charge in [-0.25, -0.2) is 19.4 Å². The van der Waals surface area contributed by atoms with Gasteiger partial charge in [0.25, 0.3) is 11.8 Å². The number of anilines is 2. The number of alkyl halides is 3. The van der Waals surface area contributed by atoms with Crippen molar-refractivity contribution < 1.29 is 56.8 Å². The number of aliphatic hydroxyl groups excluding tert-OH is 2. The Bertz CT molecular complexity index is 2560. The van der Waals surface area contributed by atoms with E-state index in [2.05, 4.69) is 31.0 Å². The second kappa shape index (κ2) is 19.7. The second-order valence-electron chi connectivity index (χ2n) is 16.3. The van der Waals surface area contributed by atoms with Crippen molar-refractivity contribution in [3.63, 3.8) is 0 Å². The molecule has 2 aromatic heterocycles. The van der Waals surface area contributed by atoms with Gasteiger partial charge in [-0.05, 0) is 55.2 Å². The molecular formula is C45H47F3N10O9. The minimum Gasteiger partial charge on any atom is -0.387 e. The number of rotatable bonds is 13. The third kappa shape index (κ3) is 10.3. The fourth-order valence-electron chi connectivity index (χ4n) is 8.40. The van der Waals surface area contributed by atoms with Crippen molar-refractivity contribution in [3.05, 3.63) is 114 Å². The van der Waals surface area contributed by atoms with Gasteiger partial charge in [0, 0.05) is 62.8 Å². The lowest BCUT2D eigenvalue weighted by molar-refractivity contribution is -0.193. The summed E-state index contributed by atoms with van der Waals surface area (Å²) in [5.74, 6) is -4.59. The lowest BCUT2D eigenvalue weighted by Crippen LogP contribution is -2.48. The number of fused-ring (bicyclic) bond motifs is 1. The zero-order chi connectivity index (χ0) is 47.4. The van der Waals surface area contributed by atoms with Gasteiger partial charge in [0.1, 0.15) is 12.2 Å². The third-order valence-corrected chi connectivity index (χ3v) is 11.8. The Kier molecular flexibility index (Phi) is 13.7. The van der Waals surface area contributed by atoms with Crippen LogP contribution in [0.25, 0.3) is 11.2 Å². The molecule has 19 nitrogen and oxygen atoms in total. The van der Waals surface area contributed by atoms with Crippen molar-refractivity contribution in [3.8, 4) is 0 Å². The molecule has 3 aromatic carbocycles. The first-order valence-corrected chi connectivity index (χ1v) is 21.6. The quantitative estimate of drug-likeness (QED) is 0.0736. The summed E-state index contributed by atoms with van der Waals surface area (Å²) in [6.45, 7) is 3.64. The van der Waals surface area contributed by atoms with Gasteiger partial charge in [0.05, 0.1) is 11.9 Å². The van der Waals surface area contributed by atoms with E-state index in [4.69, 9.17) is 14.7 Å². The molecule has 0 radical (unpaired) electrons. The van der Waals surface area contributed by atoms with Crippen LogP contribution in [0.1, 0.15) is 63.8 Å². The monoisotopic (exact) mass is 928 g/mol. The number of aliphatic hydroxyl groups is 2. The van der Waals surface area contributed by atoms with Crippen molar-refractivity contribution >= 4 is 52.7 Å². The van der Waals surface area contributed by atoms with Crippen molar-refractivity contribution in [1.82, 2.24) is 40.4 Å². The molecule has 0 spiro atoms. The van der Waals surface area contributed by atoms with E-state index in [9.17, 15) is 47.4 Å². The Hall–Kier alpha value is -7.17. The lowest BCUT2D eigenvalue weighted by Gasteiger charge is -2.22. The van der Waals surface area contributed by atoms with Crippen molar-refractivity contribution in [2.45, 2.75) is 68.5 Å². The fourth-order valence-corrected chi connectivity index (χ4v) is 8.40. The maximum Gasteiger partial charge on any atom is 0.491 e. The van der Waals surface area contributed by atoms with Gasteiger partial charge in [-0.3, -0.25) is 14.2 Å².